The van der Waals surface area contributed by atoms with Crippen molar-refractivity contribution in [2.75, 3.05) is 11.9 Å². The van der Waals surface area contributed by atoms with Crippen LogP contribution in [0.2, 0.25) is 0 Å². The first-order valence-electron chi connectivity index (χ1n) is 6.07. The quantitative estimate of drug-likeness (QED) is 0.757. The van der Waals surface area contributed by atoms with Gasteiger partial charge < -0.3 is 5.32 Å². The molecule has 0 heterocycles. The molecule has 1 rings (SSSR count). The summed E-state index contributed by atoms with van der Waals surface area (Å²) in [6.07, 6.45) is -3.76. The van der Waals surface area contributed by atoms with Crippen molar-refractivity contribution in [2.45, 2.75) is 37.1 Å². The van der Waals surface area contributed by atoms with E-state index in [4.69, 9.17) is 0 Å². The van der Waals surface area contributed by atoms with E-state index in [1.807, 2.05) is 0 Å². The average molecular weight is 328 g/mol. The van der Waals surface area contributed by atoms with Gasteiger partial charge in [0.1, 0.15) is 0 Å². The fourth-order valence-electron chi connectivity index (χ4n) is 1.43. The Morgan fingerprint density at radius 3 is 2.10 bits per heavy atom. The average Bonchev–Trinajstić information content (AvgIpc) is 2.35. The molecule has 0 amide bonds. The van der Waals surface area contributed by atoms with E-state index in [-0.39, 0.29) is 16.6 Å². The first-order valence-corrected chi connectivity index (χ1v) is 7.55. The third kappa shape index (κ3) is 5.16. The second kappa shape index (κ2) is 6.61. The van der Waals surface area contributed by atoms with Crippen molar-refractivity contribution in [2.24, 2.45) is 0 Å². The molecular weight excluding hydrogens is 312 g/mol. The number of sulfonamides is 1. The van der Waals surface area contributed by atoms with Gasteiger partial charge >= 0.3 is 12.3 Å². The van der Waals surface area contributed by atoms with Gasteiger partial charge in [0.25, 0.3) is 0 Å². The van der Waals surface area contributed by atoms with Crippen molar-refractivity contribution in [3.8, 4) is 0 Å². The van der Waals surface area contributed by atoms with Crippen LogP contribution in [0.25, 0.3) is 0 Å². The Hall–Kier alpha value is -1.35. The summed E-state index contributed by atoms with van der Waals surface area (Å²) in [4.78, 5) is -0.0395. The van der Waals surface area contributed by atoms with Crippen LogP contribution in [-0.4, -0.2) is 33.4 Å². The van der Waals surface area contributed by atoms with Gasteiger partial charge in [-0.25, -0.2) is 21.9 Å². The Bertz CT molecular complexity index is 559. The van der Waals surface area contributed by atoms with Crippen molar-refractivity contribution in [1.29, 1.82) is 0 Å². The van der Waals surface area contributed by atoms with E-state index in [2.05, 4.69) is 10.0 Å². The normalized spacial score (nSPS) is 13.0. The fraction of sp³-hybridized carbons (Fsp3) is 0.500. The highest BCUT2D eigenvalue weighted by Gasteiger charge is 2.40. The summed E-state index contributed by atoms with van der Waals surface area (Å²) in [5, 5.41) is 2.14. The maximum absolute atomic E-state index is 12.7. The first-order chi connectivity index (χ1) is 9.54. The van der Waals surface area contributed by atoms with E-state index in [1.54, 1.807) is 13.8 Å². The number of alkyl halides is 4. The van der Waals surface area contributed by atoms with E-state index >= 15 is 0 Å². The summed E-state index contributed by atoms with van der Waals surface area (Å²) in [5.41, 5.74) is 0.124. The molecule has 0 spiro atoms. The van der Waals surface area contributed by atoms with Crippen LogP contribution >= 0.6 is 0 Å². The molecule has 0 aliphatic heterocycles. The van der Waals surface area contributed by atoms with Crippen LogP contribution in [0.4, 0.5) is 23.2 Å². The van der Waals surface area contributed by atoms with Crippen LogP contribution in [0.1, 0.15) is 13.8 Å². The molecule has 0 radical (unpaired) electrons. The highest BCUT2D eigenvalue weighted by atomic mass is 32.2. The molecule has 1 aromatic carbocycles. The zero-order chi connectivity index (χ0) is 16.3. The molecule has 4 nitrogen and oxygen atoms in total. The minimum atomic E-state index is -4.15. The van der Waals surface area contributed by atoms with Crippen LogP contribution < -0.4 is 10.0 Å². The Morgan fingerprint density at radius 2 is 1.67 bits per heavy atom. The maximum atomic E-state index is 12.7. The second-order valence-corrected chi connectivity index (χ2v) is 6.43. The summed E-state index contributed by atoms with van der Waals surface area (Å²) in [6, 6.07) is 4.58. The SMILES string of the molecule is CC(C)NS(=O)(=O)c1ccc(NCC(F)(F)C(F)F)cc1. The molecule has 21 heavy (non-hydrogen) atoms. The molecule has 0 unspecified atom stereocenters. The Kier molecular flexibility index (Phi) is 5.57. The van der Waals surface area contributed by atoms with Gasteiger partial charge in [-0.15, -0.1) is 0 Å². The number of benzene rings is 1. The standard InChI is InChI=1S/C12H16F4N2O2S/c1-8(2)18-21(19,20)10-5-3-9(4-6-10)17-7-12(15,16)11(13)14/h3-6,8,11,17-18H,7H2,1-2H3. The molecule has 0 saturated heterocycles. The minimum Gasteiger partial charge on any atom is -0.379 e. The summed E-state index contributed by atoms with van der Waals surface area (Å²) < 4.78 is 75.4. The van der Waals surface area contributed by atoms with Gasteiger partial charge in [0.05, 0.1) is 11.4 Å². The molecular formula is C12H16F4N2O2S. The van der Waals surface area contributed by atoms with Crippen molar-refractivity contribution in [3.63, 3.8) is 0 Å². The van der Waals surface area contributed by atoms with Crippen LogP contribution in [0.5, 0.6) is 0 Å². The molecule has 0 bridgehead atoms. The Morgan fingerprint density at radius 1 is 1.14 bits per heavy atom. The van der Waals surface area contributed by atoms with Crippen LogP contribution in [0, 0.1) is 0 Å². The maximum Gasteiger partial charge on any atom is 0.324 e. The molecule has 0 fully saturated rings. The van der Waals surface area contributed by atoms with E-state index in [1.165, 1.54) is 24.3 Å². The van der Waals surface area contributed by atoms with Gasteiger partial charge in [0.15, 0.2) is 0 Å². The third-order valence-corrected chi connectivity index (χ3v) is 4.08. The van der Waals surface area contributed by atoms with E-state index in [0.717, 1.165) is 0 Å². The number of hydrogen-bond acceptors (Lipinski definition) is 3. The largest absolute Gasteiger partial charge is 0.379 e. The van der Waals surface area contributed by atoms with Crippen molar-refractivity contribution >= 4 is 15.7 Å². The Balaban J connectivity index is 2.75. The highest BCUT2D eigenvalue weighted by Crippen LogP contribution is 2.23. The summed E-state index contributed by atoms with van der Waals surface area (Å²) >= 11 is 0. The molecule has 0 saturated carbocycles. The van der Waals surface area contributed by atoms with Gasteiger partial charge in [0, 0.05) is 11.7 Å². The number of rotatable bonds is 7. The highest BCUT2D eigenvalue weighted by molar-refractivity contribution is 7.89. The van der Waals surface area contributed by atoms with E-state index < -0.39 is 28.9 Å². The van der Waals surface area contributed by atoms with Crippen molar-refractivity contribution in [3.05, 3.63) is 24.3 Å². The number of halogens is 4. The van der Waals surface area contributed by atoms with E-state index in [9.17, 15) is 26.0 Å². The smallest absolute Gasteiger partial charge is 0.324 e. The van der Waals surface area contributed by atoms with E-state index in [0.29, 0.717) is 0 Å². The first kappa shape index (κ1) is 17.7. The second-order valence-electron chi connectivity index (χ2n) is 4.72. The molecule has 2 N–H and O–H groups in total. The lowest BCUT2D eigenvalue weighted by Gasteiger charge is -2.16. The molecule has 0 aromatic heterocycles. The zero-order valence-corrected chi connectivity index (χ0v) is 12.2. The summed E-state index contributed by atoms with van der Waals surface area (Å²) in [5.74, 6) is -4.15. The monoisotopic (exact) mass is 328 g/mol. The van der Waals surface area contributed by atoms with Crippen LogP contribution in [-0.2, 0) is 10.0 Å². The topological polar surface area (TPSA) is 58.2 Å². The van der Waals surface area contributed by atoms with Gasteiger partial charge in [-0.1, -0.05) is 0 Å². The number of nitrogens with one attached hydrogen (secondary N) is 2. The summed E-state index contributed by atoms with van der Waals surface area (Å²) in [6.45, 7) is 2.07. The molecule has 1 aromatic rings. The van der Waals surface area contributed by atoms with Crippen molar-refractivity contribution < 1.29 is 26.0 Å². The molecule has 0 aliphatic carbocycles. The van der Waals surface area contributed by atoms with Gasteiger partial charge in [-0.05, 0) is 38.1 Å². The lowest BCUT2D eigenvalue weighted by molar-refractivity contribution is -0.117. The minimum absolute atomic E-state index is 0.0395. The predicted molar refractivity (Wildman–Crippen MR) is 71.3 cm³/mol. The van der Waals surface area contributed by atoms with Crippen molar-refractivity contribution in [1.82, 2.24) is 4.72 Å². The lowest BCUT2D eigenvalue weighted by Crippen LogP contribution is -2.34. The lowest BCUT2D eigenvalue weighted by atomic mass is 10.3. The fourth-order valence-corrected chi connectivity index (χ4v) is 2.68. The van der Waals surface area contributed by atoms with Crippen LogP contribution in [0.3, 0.4) is 0 Å². The predicted octanol–water partition coefficient (Wildman–Crippen LogP) is 2.69. The van der Waals surface area contributed by atoms with Crippen LogP contribution in [0.15, 0.2) is 29.2 Å². The Labute approximate surface area is 120 Å². The number of anilines is 1. The van der Waals surface area contributed by atoms with Gasteiger partial charge in [-0.3, -0.25) is 0 Å². The molecule has 0 atom stereocenters. The molecule has 9 heteroatoms. The molecule has 120 valence electrons. The number of hydrogen-bond donors (Lipinski definition) is 2. The zero-order valence-electron chi connectivity index (χ0n) is 11.4. The van der Waals surface area contributed by atoms with Gasteiger partial charge in [-0.2, -0.15) is 8.78 Å². The summed E-state index contributed by atoms with van der Waals surface area (Å²) in [7, 11) is -3.68. The molecule has 0 aliphatic rings. The third-order valence-electron chi connectivity index (χ3n) is 2.40. The van der Waals surface area contributed by atoms with Gasteiger partial charge in [0.2, 0.25) is 10.0 Å².